The first-order chi connectivity index (χ1) is 46.2. The van der Waals surface area contributed by atoms with Gasteiger partial charge in [-0.1, -0.05) is 47.5 Å². The number of benzene rings is 2. The van der Waals surface area contributed by atoms with E-state index in [0.29, 0.717) is 94.9 Å². The molecule has 0 aliphatic carbocycles. The molecule has 0 spiro atoms. The maximum atomic E-state index is 12.7. The van der Waals surface area contributed by atoms with Gasteiger partial charge in [-0.05, 0) is 133 Å². The maximum absolute atomic E-state index is 12.7. The first kappa shape index (κ1) is 68.5. The number of methoxy groups -OCH3 is 2. The minimum atomic E-state index is -0.198. The molecule has 2 aromatic carbocycles. The summed E-state index contributed by atoms with van der Waals surface area (Å²) in [5.41, 5.74) is 5.27. The van der Waals surface area contributed by atoms with Crippen molar-refractivity contribution >= 4 is 101 Å². The zero-order valence-corrected chi connectivity index (χ0v) is 58.5. The highest BCUT2D eigenvalue weighted by Crippen LogP contribution is 2.36. The van der Waals surface area contributed by atoms with E-state index >= 15 is 0 Å². The fourth-order valence-electron chi connectivity index (χ4n) is 11.9. The van der Waals surface area contributed by atoms with Gasteiger partial charge in [-0.2, -0.15) is 30.4 Å². The predicted octanol–water partition coefficient (Wildman–Crippen LogP) is 10.3. The molecule has 0 radical (unpaired) electrons. The molecule has 4 amide bonds. The summed E-state index contributed by atoms with van der Waals surface area (Å²) < 4.78 is 42.5. The number of fused-ring (bicyclic) bond motifs is 4. The number of carbonyl (C=O) groups excluding carboxylic acids is 4. The van der Waals surface area contributed by atoms with Crippen LogP contribution >= 0.6 is 55.1 Å². The summed E-state index contributed by atoms with van der Waals surface area (Å²) in [6.45, 7) is 14.5. The van der Waals surface area contributed by atoms with E-state index in [9.17, 15) is 19.2 Å². The molecule has 4 aliphatic rings. The van der Waals surface area contributed by atoms with Gasteiger partial charge >= 0.3 is 0 Å². The number of rotatable bonds is 18. The summed E-state index contributed by atoms with van der Waals surface area (Å²) in [6.07, 6.45) is 14.9. The number of hydrogen-bond acceptors (Lipinski definition) is 18. The van der Waals surface area contributed by atoms with Crippen LogP contribution in [0.5, 0.6) is 35.0 Å². The average molecular weight is 1480 g/mol. The van der Waals surface area contributed by atoms with Crippen molar-refractivity contribution in [2.45, 2.75) is 104 Å². The highest BCUT2D eigenvalue weighted by Gasteiger charge is 2.39. The summed E-state index contributed by atoms with van der Waals surface area (Å²) in [5.74, 6) is 4.41. The van der Waals surface area contributed by atoms with Gasteiger partial charge in [0.25, 0.3) is 0 Å². The fourth-order valence-corrected chi connectivity index (χ4v) is 12.9. The predicted molar refractivity (Wildman–Crippen MR) is 362 cm³/mol. The molecule has 12 heterocycles. The Kier molecular flexibility index (Phi) is 21.8. The van der Waals surface area contributed by atoms with Crippen LogP contribution in [0.15, 0.2) is 132 Å². The van der Waals surface area contributed by atoms with E-state index in [4.69, 9.17) is 51.6 Å². The highest BCUT2D eigenvalue weighted by molar-refractivity contribution is 9.10. The molecule has 30 heteroatoms. The molecule has 10 atom stereocenters. The van der Waals surface area contributed by atoms with Gasteiger partial charge in [0.15, 0.2) is 10.3 Å². The van der Waals surface area contributed by atoms with Gasteiger partial charge in [-0.15, -0.1) is 0 Å². The van der Waals surface area contributed by atoms with Crippen molar-refractivity contribution < 1.29 is 47.6 Å². The molecular formula is C66H72Br2Cl2N16O10. The van der Waals surface area contributed by atoms with Crippen molar-refractivity contribution in [1.29, 1.82) is 0 Å². The molecule has 26 nitrogen and oxygen atoms in total. The number of nitrogens with one attached hydrogen (secondary N) is 2. The SMILES string of the molecule is COc1ccc([C@@H](C)N2C[C@H]([C@@H](C)Oc3nc(Br)cn4nccc34)CC2=O)cc1.COc1ccc([C@@H](C)N2C[C@H]([C@@H](C)Oc3nc(Cl)cn4nccc34)CC2=O)cc1.C[C@@H](Oc1nc(Br)cn2nccc12)[C@H]1CNC(=O)C1.C[C@@H](Oc1nc(Cl)cn2nccc12)[C@H]1CNC(=O)C1. The quantitative estimate of drug-likeness (QED) is 0.0808. The summed E-state index contributed by atoms with van der Waals surface area (Å²) >= 11 is 18.7. The van der Waals surface area contributed by atoms with E-state index in [2.05, 4.69) is 89.7 Å². The van der Waals surface area contributed by atoms with Gasteiger partial charge < -0.3 is 48.9 Å². The van der Waals surface area contributed by atoms with Crippen molar-refractivity contribution in [3.8, 4) is 35.0 Å². The second-order valence-corrected chi connectivity index (χ2v) is 26.3. The smallest absolute Gasteiger partial charge is 0.241 e. The molecular weight excluding hydrogens is 1410 g/mol. The minimum absolute atomic E-state index is 0.00358. The number of nitrogens with zero attached hydrogens (tertiary/aromatic N) is 14. The Bertz CT molecular complexity index is 4110. The number of halogens is 4. The van der Waals surface area contributed by atoms with Crippen molar-refractivity contribution in [1.82, 2.24) is 78.8 Å². The van der Waals surface area contributed by atoms with E-state index in [1.54, 1.807) is 81.9 Å². The van der Waals surface area contributed by atoms with E-state index in [0.717, 1.165) is 44.7 Å². The molecule has 4 fully saturated rings. The molecule has 14 rings (SSSR count). The number of hydrogen-bond donors (Lipinski definition) is 2. The van der Waals surface area contributed by atoms with Gasteiger partial charge in [-0.3, -0.25) is 19.2 Å². The normalized spacial score (nSPS) is 19.5. The molecule has 0 saturated carbocycles. The lowest BCUT2D eigenvalue weighted by molar-refractivity contribution is -0.130. The Morgan fingerprint density at radius 3 is 1.06 bits per heavy atom. The Labute approximate surface area is 579 Å². The Hall–Kier alpha value is -8.86. The highest BCUT2D eigenvalue weighted by atomic mass is 79.9. The van der Waals surface area contributed by atoms with Crippen LogP contribution in [0.1, 0.15) is 90.4 Å². The standard InChI is InChI=1S/C21H23BrN4O3.C21H23ClN4O3.C12H13BrN4O2.C12H13ClN4O2/c2*1-13(15-4-6-17(28-3)7-5-15)25-11-16(10-20(25)27)14(2)29-21-18-8-9-23-26(18)12-19(22)24-21;2*1-7(8-4-11(18)14-5-8)19-12-9-2-3-15-17(9)6-10(13)16-12/h2*4-9,12-14,16H,10-11H2,1-3H3;2*2-3,6-8H,4-5H2,1H3,(H,14,18)/t2*13-,14-,16-;2*7-,8-/m1111/s1. The molecule has 0 bridgehead atoms. The lowest BCUT2D eigenvalue weighted by atomic mass is 10.0. The van der Waals surface area contributed by atoms with Crippen LogP contribution in [0.4, 0.5) is 0 Å². The minimum Gasteiger partial charge on any atom is -0.497 e. The third-order valence-electron chi connectivity index (χ3n) is 17.7. The van der Waals surface area contributed by atoms with Crippen molar-refractivity contribution in [3.05, 3.63) is 153 Å². The Morgan fingerprint density at radius 2 is 0.750 bits per heavy atom. The third-order valence-corrected chi connectivity index (χ3v) is 18.8. The van der Waals surface area contributed by atoms with E-state index in [1.807, 2.05) is 117 Å². The first-order valence-corrected chi connectivity index (χ1v) is 33.6. The molecule has 4 saturated heterocycles. The lowest BCUT2D eigenvalue weighted by Crippen LogP contribution is -2.31. The Balaban J connectivity index is 0.000000133. The Morgan fingerprint density at radius 1 is 0.438 bits per heavy atom. The third kappa shape index (κ3) is 16.2. The van der Waals surface area contributed by atoms with Crippen LogP contribution in [-0.4, -0.2) is 157 Å². The maximum Gasteiger partial charge on any atom is 0.241 e. The van der Waals surface area contributed by atoms with Gasteiger partial charge in [0.2, 0.25) is 47.1 Å². The summed E-state index contributed by atoms with van der Waals surface area (Å²) in [4.78, 5) is 68.9. The van der Waals surface area contributed by atoms with Gasteiger partial charge in [0.05, 0.1) is 75.9 Å². The average Bonchev–Trinajstić information content (AvgIpc) is 1.71. The number of ether oxygens (including phenoxy) is 6. The summed E-state index contributed by atoms with van der Waals surface area (Å²) in [5, 5.41) is 22.9. The second-order valence-electron chi connectivity index (χ2n) is 23.9. The van der Waals surface area contributed by atoms with Crippen molar-refractivity contribution in [2.75, 3.05) is 40.4 Å². The molecule has 8 aromatic heterocycles. The second kappa shape index (κ2) is 30.5. The van der Waals surface area contributed by atoms with Gasteiger partial charge in [0, 0.05) is 75.5 Å². The van der Waals surface area contributed by atoms with Crippen LogP contribution in [0.25, 0.3) is 22.1 Å². The van der Waals surface area contributed by atoms with Crippen LogP contribution in [0.3, 0.4) is 0 Å². The lowest BCUT2D eigenvalue weighted by Gasteiger charge is -2.26. The number of likely N-dealkylation sites (tertiary alicyclic amines) is 2. The molecule has 504 valence electrons. The number of aromatic nitrogens is 12. The van der Waals surface area contributed by atoms with E-state index < -0.39 is 0 Å². The number of amides is 4. The topological polar surface area (TPSA) is 275 Å². The molecule has 4 aliphatic heterocycles. The van der Waals surface area contributed by atoms with Crippen LogP contribution in [0.2, 0.25) is 10.3 Å². The summed E-state index contributed by atoms with van der Waals surface area (Å²) in [7, 11) is 3.29. The number of carbonyl (C=O) groups is 4. The zero-order valence-electron chi connectivity index (χ0n) is 53.8. The van der Waals surface area contributed by atoms with Crippen LogP contribution in [-0.2, 0) is 19.2 Å². The molecule has 2 N–H and O–H groups in total. The summed E-state index contributed by atoms with van der Waals surface area (Å²) in [6, 6.07) is 23.0. The van der Waals surface area contributed by atoms with Gasteiger partial charge in [-0.25, -0.2) is 28.0 Å². The van der Waals surface area contributed by atoms with Gasteiger partial charge in [0.1, 0.15) is 67.2 Å². The van der Waals surface area contributed by atoms with E-state index in [-0.39, 0.29) is 83.8 Å². The molecule has 96 heavy (non-hydrogen) atoms. The molecule has 10 aromatic rings. The van der Waals surface area contributed by atoms with Crippen molar-refractivity contribution in [3.63, 3.8) is 0 Å². The fraction of sp³-hybridized carbons (Fsp3) is 0.394. The van der Waals surface area contributed by atoms with Crippen LogP contribution < -0.4 is 39.1 Å². The van der Waals surface area contributed by atoms with E-state index in [1.165, 1.54) is 0 Å². The monoisotopic (exact) mass is 1480 g/mol. The first-order valence-electron chi connectivity index (χ1n) is 31.2. The molecule has 0 unspecified atom stereocenters. The van der Waals surface area contributed by atoms with Crippen LogP contribution in [0, 0.1) is 23.7 Å². The van der Waals surface area contributed by atoms with Crippen molar-refractivity contribution in [2.24, 2.45) is 23.7 Å². The zero-order chi connectivity index (χ0) is 67.9. The largest absolute Gasteiger partial charge is 0.497 e.